The highest BCUT2D eigenvalue weighted by Gasteiger charge is 2.07. The van der Waals surface area contributed by atoms with Crippen LogP contribution >= 0.6 is 0 Å². The van der Waals surface area contributed by atoms with Gasteiger partial charge in [-0.3, -0.25) is 0 Å². The number of nitrogens with zero attached hydrogens (tertiary/aromatic N) is 1. The van der Waals surface area contributed by atoms with E-state index in [0.29, 0.717) is 0 Å². The average Bonchev–Trinajstić information content (AvgIpc) is 2.57. The highest BCUT2D eigenvalue weighted by atomic mass is 14.7. The monoisotopic (exact) mass is 285 g/mol. The van der Waals surface area contributed by atoms with Crippen molar-refractivity contribution < 1.29 is 0 Å². The summed E-state index contributed by atoms with van der Waals surface area (Å²) in [6.45, 7) is 4.25. The maximum Gasteiger partial charge on any atom is 0.0781 e. The van der Waals surface area contributed by atoms with Gasteiger partial charge < -0.3 is 0 Å². The maximum absolute atomic E-state index is 4.92. The molecule has 3 rings (SSSR count). The predicted octanol–water partition coefficient (Wildman–Crippen LogP) is 5.47. The van der Waals surface area contributed by atoms with Crippen molar-refractivity contribution in [1.29, 1.82) is 0 Å². The predicted molar refractivity (Wildman–Crippen MR) is 94.1 cm³/mol. The van der Waals surface area contributed by atoms with Crippen LogP contribution in [0.5, 0.6) is 0 Å². The van der Waals surface area contributed by atoms with Crippen molar-refractivity contribution >= 4 is 11.4 Å². The first kappa shape index (κ1) is 14.3. The van der Waals surface area contributed by atoms with Gasteiger partial charge in [0.25, 0.3) is 0 Å². The molecule has 0 aromatic heterocycles. The minimum Gasteiger partial charge on any atom is -0.248 e. The fraction of sp³-hybridized carbons (Fsp3) is 0.0952. The van der Waals surface area contributed by atoms with Crippen molar-refractivity contribution in [2.45, 2.75) is 13.8 Å². The van der Waals surface area contributed by atoms with E-state index in [0.717, 1.165) is 22.5 Å². The van der Waals surface area contributed by atoms with Gasteiger partial charge in [0.2, 0.25) is 0 Å². The van der Waals surface area contributed by atoms with Crippen LogP contribution in [0.3, 0.4) is 0 Å². The van der Waals surface area contributed by atoms with E-state index in [1.807, 2.05) is 36.4 Å². The third-order valence-electron chi connectivity index (χ3n) is 3.83. The van der Waals surface area contributed by atoms with Gasteiger partial charge in [-0.1, -0.05) is 66.7 Å². The van der Waals surface area contributed by atoms with E-state index in [1.54, 1.807) is 0 Å². The number of aryl methyl sites for hydroxylation is 2. The van der Waals surface area contributed by atoms with Crippen molar-refractivity contribution in [2.75, 3.05) is 0 Å². The van der Waals surface area contributed by atoms with Crippen LogP contribution in [0.25, 0.3) is 0 Å². The van der Waals surface area contributed by atoms with Crippen LogP contribution in [0.2, 0.25) is 0 Å². The maximum atomic E-state index is 4.92. The van der Waals surface area contributed by atoms with Gasteiger partial charge in [0.1, 0.15) is 0 Å². The molecule has 0 unspecified atom stereocenters. The Balaban J connectivity index is 2.13. The van der Waals surface area contributed by atoms with Crippen molar-refractivity contribution in [3.63, 3.8) is 0 Å². The molecule has 0 spiro atoms. The molecule has 1 heteroatoms. The molecule has 0 bridgehead atoms. The summed E-state index contributed by atoms with van der Waals surface area (Å²) in [6.07, 6.45) is 0. The van der Waals surface area contributed by atoms with E-state index in [4.69, 9.17) is 4.99 Å². The van der Waals surface area contributed by atoms with E-state index in [1.165, 1.54) is 11.1 Å². The summed E-state index contributed by atoms with van der Waals surface area (Å²) in [4.78, 5) is 4.92. The molecule has 0 N–H and O–H groups in total. The summed E-state index contributed by atoms with van der Waals surface area (Å²) in [5.74, 6) is 0. The number of hydrogen-bond acceptors (Lipinski definition) is 1. The Morgan fingerprint density at radius 2 is 1.18 bits per heavy atom. The van der Waals surface area contributed by atoms with E-state index in [2.05, 4.69) is 56.3 Å². The van der Waals surface area contributed by atoms with Crippen LogP contribution in [0.4, 0.5) is 5.69 Å². The Labute approximate surface area is 132 Å². The molecular weight excluding hydrogens is 266 g/mol. The Bertz CT molecular complexity index is 745. The molecule has 0 atom stereocenters. The second kappa shape index (κ2) is 6.40. The van der Waals surface area contributed by atoms with Gasteiger partial charge in [-0.15, -0.1) is 0 Å². The fourth-order valence-electron chi connectivity index (χ4n) is 2.41. The van der Waals surface area contributed by atoms with Crippen molar-refractivity contribution in [3.8, 4) is 0 Å². The lowest BCUT2D eigenvalue weighted by Crippen LogP contribution is -2.02. The Kier molecular flexibility index (Phi) is 4.15. The summed E-state index contributed by atoms with van der Waals surface area (Å²) >= 11 is 0. The van der Waals surface area contributed by atoms with Gasteiger partial charge in [0.05, 0.1) is 11.4 Å². The first-order valence-electron chi connectivity index (χ1n) is 7.51. The quantitative estimate of drug-likeness (QED) is 0.566. The van der Waals surface area contributed by atoms with Crippen molar-refractivity contribution in [2.24, 2.45) is 4.99 Å². The van der Waals surface area contributed by atoms with Crippen LogP contribution in [0.15, 0.2) is 83.9 Å². The number of aliphatic imine (C=N–C) groups is 1. The van der Waals surface area contributed by atoms with Gasteiger partial charge >= 0.3 is 0 Å². The molecular formula is C21H19N. The minimum atomic E-state index is 0.991. The third kappa shape index (κ3) is 3.15. The van der Waals surface area contributed by atoms with E-state index < -0.39 is 0 Å². The zero-order chi connectivity index (χ0) is 15.4. The SMILES string of the molecule is Cc1ccc(N=C(c2ccccc2)c2ccccc2)cc1C. The zero-order valence-corrected chi connectivity index (χ0v) is 13.0. The Hall–Kier alpha value is -2.67. The Morgan fingerprint density at radius 3 is 1.68 bits per heavy atom. The molecule has 0 aliphatic heterocycles. The van der Waals surface area contributed by atoms with Crippen LogP contribution in [0, 0.1) is 13.8 Å². The summed E-state index contributed by atoms with van der Waals surface area (Å²) in [5.41, 5.74) is 6.82. The van der Waals surface area contributed by atoms with Gasteiger partial charge in [-0.05, 0) is 37.1 Å². The molecule has 0 fully saturated rings. The largest absolute Gasteiger partial charge is 0.248 e. The first-order chi connectivity index (χ1) is 10.7. The van der Waals surface area contributed by atoms with Crippen molar-refractivity contribution in [1.82, 2.24) is 0 Å². The van der Waals surface area contributed by atoms with Crippen LogP contribution in [0.1, 0.15) is 22.3 Å². The standard InChI is InChI=1S/C21H19N/c1-16-13-14-20(15-17(16)2)22-21(18-9-5-3-6-10-18)19-11-7-4-8-12-19/h3-15H,1-2H3. The highest BCUT2D eigenvalue weighted by molar-refractivity contribution is 6.13. The lowest BCUT2D eigenvalue weighted by Gasteiger charge is -2.08. The molecule has 3 aromatic carbocycles. The molecule has 1 nitrogen and oxygen atoms in total. The van der Waals surface area contributed by atoms with Gasteiger partial charge in [-0.25, -0.2) is 4.99 Å². The van der Waals surface area contributed by atoms with Gasteiger partial charge in [-0.2, -0.15) is 0 Å². The number of benzene rings is 3. The molecule has 3 aromatic rings. The molecule has 0 radical (unpaired) electrons. The molecule has 0 aliphatic carbocycles. The van der Waals surface area contributed by atoms with E-state index in [9.17, 15) is 0 Å². The van der Waals surface area contributed by atoms with Crippen LogP contribution in [-0.4, -0.2) is 5.71 Å². The molecule has 0 aliphatic rings. The lowest BCUT2D eigenvalue weighted by molar-refractivity contribution is 1.32. The second-order valence-corrected chi connectivity index (χ2v) is 5.46. The fourth-order valence-corrected chi connectivity index (χ4v) is 2.41. The molecule has 0 saturated heterocycles. The summed E-state index contributed by atoms with van der Waals surface area (Å²) < 4.78 is 0. The number of hydrogen-bond donors (Lipinski definition) is 0. The zero-order valence-electron chi connectivity index (χ0n) is 13.0. The van der Waals surface area contributed by atoms with Gasteiger partial charge in [0, 0.05) is 11.1 Å². The lowest BCUT2D eigenvalue weighted by atomic mass is 10.0. The summed E-state index contributed by atoms with van der Waals surface area (Å²) in [7, 11) is 0. The molecule has 108 valence electrons. The van der Waals surface area contributed by atoms with E-state index >= 15 is 0 Å². The molecule has 0 amide bonds. The molecule has 0 saturated carbocycles. The topological polar surface area (TPSA) is 12.4 Å². The minimum absolute atomic E-state index is 0.991. The number of rotatable bonds is 3. The smallest absolute Gasteiger partial charge is 0.0781 e. The van der Waals surface area contributed by atoms with Crippen molar-refractivity contribution in [3.05, 3.63) is 101 Å². The van der Waals surface area contributed by atoms with E-state index in [-0.39, 0.29) is 0 Å². The third-order valence-corrected chi connectivity index (χ3v) is 3.83. The second-order valence-electron chi connectivity index (χ2n) is 5.46. The van der Waals surface area contributed by atoms with Crippen LogP contribution in [-0.2, 0) is 0 Å². The summed E-state index contributed by atoms with van der Waals surface area (Å²) in [5, 5.41) is 0. The molecule has 22 heavy (non-hydrogen) atoms. The first-order valence-corrected chi connectivity index (χ1v) is 7.51. The van der Waals surface area contributed by atoms with Gasteiger partial charge in [0.15, 0.2) is 0 Å². The highest BCUT2D eigenvalue weighted by Crippen LogP contribution is 2.21. The summed E-state index contributed by atoms with van der Waals surface area (Å²) in [6, 6.07) is 27.0. The average molecular weight is 285 g/mol. The Morgan fingerprint density at radius 1 is 0.636 bits per heavy atom. The molecule has 0 heterocycles. The van der Waals surface area contributed by atoms with Crippen LogP contribution < -0.4 is 0 Å². The normalized spacial score (nSPS) is 10.3.